The molecule has 1 aromatic heterocycles. The first kappa shape index (κ1) is 8.54. The Hall–Kier alpha value is -1.05. The van der Waals surface area contributed by atoms with E-state index in [2.05, 4.69) is 18.8 Å². The summed E-state index contributed by atoms with van der Waals surface area (Å²) in [5.74, 6) is 0. The van der Waals surface area contributed by atoms with Crippen molar-refractivity contribution < 1.29 is 4.79 Å². The zero-order chi connectivity index (χ0) is 9.47. The zero-order valence-corrected chi connectivity index (χ0v) is 8.18. The molecule has 0 bridgehead atoms. The number of aldehydes is 1. The van der Waals surface area contributed by atoms with Crippen LogP contribution in [0.15, 0.2) is 6.07 Å². The Balaban J connectivity index is 2.50. The molecule has 1 heterocycles. The van der Waals surface area contributed by atoms with Gasteiger partial charge >= 0.3 is 0 Å². The van der Waals surface area contributed by atoms with Crippen molar-refractivity contribution in [3.05, 3.63) is 23.0 Å². The Morgan fingerprint density at radius 3 is 2.92 bits per heavy atom. The maximum atomic E-state index is 10.6. The van der Waals surface area contributed by atoms with Crippen LogP contribution in [0.2, 0.25) is 0 Å². The second kappa shape index (κ2) is 2.72. The fraction of sp³-hybridized carbons (Fsp3) is 0.545. The summed E-state index contributed by atoms with van der Waals surface area (Å²) in [5, 5.41) is 0. The van der Waals surface area contributed by atoms with E-state index < -0.39 is 0 Å². The van der Waals surface area contributed by atoms with Crippen LogP contribution in [0.5, 0.6) is 0 Å². The molecular formula is C11H15NO. The monoisotopic (exact) mass is 177 g/mol. The van der Waals surface area contributed by atoms with Gasteiger partial charge in [0.1, 0.15) is 0 Å². The molecule has 0 amide bonds. The van der Waals surface area contributed by atoms with Crippen LogP contribution in [0.3, 0.4) is 0 Å². The summed E-state index contributed by atoms with van der Waals surface area (Å²) >= 11 is 0. The summed E-state index contributed by atoms with van der Waals surface area (Å²) in [6.45, 7) is 4.46. The Labute approximate surface area is 78.4 Å². The van der Waals surface area contributed by atoms with Crippen LogP contribution in [0, 0.1) is 0 Å². The number of H-pyrrole nitrogens is 1. The van der Waals surface area contributed by atoms with Gasteiger partial charge < -0.3 is 4.98 Å². The third-order valence-electron chi connectivity index (χ3n) is 2.97. The highest BCUT2D eigenvalue weighted by atomic mass is 16.1. The Bertz CT molecular complexity index is 336. The van der Waals surface area contributed by atoms with Crippen molar-refractivity contribution in [2.45, 2.75) is 38.5 Å². The normalized spacial score (nSPS) is 19.5. The Morgan fingerprint density at radius 2 is 2.31 bits per heavy atom. The lowest BCUT2D eigenvalue weighted by atomic mass is 9.77. The van der Waals surface area contributed by atoms with Crippen molar-refractivity contribution in [3.8, 4) is 0 Å². The number of aryl methyl sites for hydroxylation is 1. The van der Waals surface area contributed by atoms with Gasteiger partial charge in [-0.05, 0) is 30.9 Å². The summed E-state index contributed by atoms with van der Waals surface area (Å²) in [4.78, 5) is 13.8. The molecule has 70 valence electrons. The molecule has 0 aliphatic heterocycles. The summed E-state index contributed by atoms with van der Waals surface area (Å²) in [7, 11) is 0. The average molecular weight is 177 g/mol. The van der Waals surface area contributed by atoms with E-state index in [4.69, 9.17) is 0 Å². The van der Waals surface area contributed by atoms with Gasteiger partial charge in [0.15, 0.2) is 6.29 Å². The predicted molar refractivity (Wildman–Crippen MR) is 52.1 cm³/mol. The minimum Gasteiger partial charge on any atom is -0.356 e. The van der Waals surface area contributed by atoms with Crippen molar-refractivity contribution in [2.75, 3.05) is 0 Å². The largest absolute Gasteiger partial charge is 0.356 e. The van der Waals surface area contributed by atoms with Crippen LogP contribution in [-0.2, 0) is 11.8 Å². The van der Waals surface area contributed by atoms with E-state index in [0.717, 1.165) is 18.4 Å². The van der Waals surface area contributed by atoms with Crippen molar-refractivity contribution in [2.24, 2.45) is 0 Å². The Morgan fingerprint density at radius 1 is 1.54 bits per heavy atom. The number of hydrogen-bond acceptors (Lipinski definition) is 1. The summed E-state index contributed by atoms with van der Waals surface area (Å²) in [6.07, 6.45) is 4.45. The lowest BCUT2D eigenvalue weighted by molar-refractivity contribution is 0.111. The van der Waals surface area contributed by atoms with Crippen LogP contribution in [0.25, 0.3) is 0 Å². The summed E-state index contributed by atoms with van der Waals surface area (Å²) in [6, 6.07) is 1.99. The highest BCUT2D eigenvalue weighted by molar-refractivity contribution is 5.73. The highest BCUT2D eigenvalue weighted by Gasteiger charge is 2.29. The van der Waals surface area contributed by atoms with Crippen molar-refractivity contribution in [1.29, 1.82) is 0 Å². The molecule has 0 spiro atoms. The maximum Gasteiger partial charge on any atom is 0.166 e. The number of carbonyl (C=O) groups excluding carboxylic acids is 1. The first-order chi connectivity index (χ1) is 6.13. The van der Waals surface area contributed by atoms with Gasteiger partial charge in [-0.3, -0.25) is 4.79 Å². The number of nitrogens with one attached hydrogen (secondary N) is 1. The fourth-order valence-corrected chi connectivity index (χ4v) is 2.23. The molecule has 0 aromatic carbocycles. The molecular weight excluding hydrogens is 162 g/mol. The molecule has 0 saturated carbocycles. The average Bonchev–Trinajstić information content (AvgIpc) is 2.48. The standard InChI is InChI=1S/C11H15NO/c1-11(2)5-3-4-8-6-9(7-13)12-10(8)11/h6-7,12H,3-5H2,1-2H3. The summed E-state index contributed by atoms with van der Waals surface area (Å²) in [5.41, 5.74) is 3.54. The van der Waals surface area contributed by atoms with Gasteiger partial charge in [0.05, 0.1) is 5.69 Å². The number of rotatable bonds is 1. The molecule has 0 fully saturated rings. The van der Waals surface area contributed by atoms with Crippen molar-refractivity contribution in [1.82, 2.24) is 4.98 Å². The SMILES string of the molecule is CC1(C)CCCc2cc(C=O)[nH]c21. The molecule has 0 radical (unpaired) electrons. The lowest BCUT2D eigenvalue weighted by Gasteiger charge is -2.29. The van der Waals surface area contributed by atoms with Gasteiger partial charge in [0, 0.05) is 11.1 Å². The van der Waals surface area contributed by atoms with Crippen LogP contribution in [0.4, 0.5) is 0 Å². The number of aromatic nitrogens is 1. The molecule has 1 aliphatic carbocycles. The molecule has 13 heavy (non-hydrogen) atoms. The third kappa shape index (κ3) is 1.30. The van der Waals surface area contributed by atoms with E-state index in [9.17, 15) is 4.79 Å². The molecule has 0 saturated heterocycles. The fourth-order valence-electron chi connectivity index (χ4n) is 2.23. The van der Waals surface area contributed by atoms with Gasteiger partial charge in [0.25, 0.3) is 0 Å². The maximum absolute atomic E-state index is 10.6. The molecule has 2 heteroatoms. The van der Waals surface area contributed by atoms with E-state index in [1.165, 1.54) is 24.1 Å². The number of hydrogen-bond donors (Lipinski definition) is 1. The minimum absolute atomic E-state index is 0.217. The summed E-state index contributed by atoms with van der Waals surface area (Å²) < 4.78 is 0. The molecule has 0 unspecified atom stereocenters. The quantitative estimate of drug-likeness (QED) is 0.656. The van der Waals surface area contributed by atoms with Gasteiger partial charge in [0.2, 0.25) is 0 Å². The Kier molecular flexibility index (Phi) is 1.79. The number of carbonyl (C=O) groups is 1. The third-order valence-corrected chi connectivity index (χ3v) is 2.97. The van der Waals surface area contributed by atoms with Gasteiger partial charge in [-0.15, -0.1) is 0 Å². The number of aromatic amines is 1. The van der Waals surface area contributed by atoms with E-state index in [1.807, 2.05) is 6.07 Å². The van der Waals surface area contributed by atoms with Crippen LogP contribution < -0.4 is 0 Å². The zero-order valence-electron chi connectivity index (χ0n) is 8.18. The van der Waals surface area contributed by atoms with Gasteiger partial charge in [-0.25, -0.2) is 0 Å². The highest BCUT2D eigenvalue weighted by Crippen LogP contribution is 2.36. The van der Waals surface area contributed by atoms with Gasteiger partial charge in [-0.1, -0.05) is 13.8 Å². The molecule has 1 N–H and O–H groups in total. The van der Waals surface area contributed by atoms with E-state index in [0.29, 0.717) is 0 Å². The molecule has 2 rings (SSSR count). The topological polar surface area (TPSA) is 32.9 Å². The molecule has 0 atom stereocenters. The predicted octanol–water partition coefficient (Wildman–Crippen LogP) is 2.44. The molecule has 2 nitrogen and oxygen atoms in total. The van der Waals surface area contributed by atoms with Crippen LogP contribution in [0.1, 0.15) is 48.4 Å². The molecule has 1 aliphatic rings. The minimum atomic E-state index is 0.217. The van der Waals surface area contributed by atoms with Gasteiger partial charge in [-0.2, -0.15) is 0 Å². The van der Waals surface area contributed by atoms with Crippen molar-refractivity contribution in [3.63, 3.8) is 0 Å². The number of fused-ring (bicyclic) bond motifs is 1. The molecule has 1 aromatic rings. The van der Waals surface area contributed by atoms with Crippen LogP contribution >= 0.6 is 0 Å². The van der Waals surface area contributed by atoms with E-state index in [-0.39, 0.29) is 5.41 Å². The smallest absolute Gasteiger partial charge is 0.166 e. The second-order valence-electron chi connectivity index (χ2n) is 4.48. The van der Waals surface area contributed by atoms with Crippen LogP contribution in [-0.4, -0.2) is 11.3 Å². The van der Waals surface area contributed by atoms with E-state index in [1.54, 1.807) is 0 Å². The lowest BCUT2D eigenvalue weighted by Crippen LogP contribution is -2.23. The second-order valence-corrected chi connectivity index (χ2v) is 4.48. The first-order valence-electron chi connectivity index (χ1n) is 4.81. The first-order valence-corrected chi connectivity index (χ1v) is 4.81. The van der Waals surface area contributed by atoms with Crippen molar-refractivity contribution >= 4 is 6.29 Å². The van der Waals surface area contributed by atoms with E-state index >= 15 is 0 Å².